The summed E-state index contributed by atoms with van der Waals surface area (Å²) < 4.78 is 19.0. The number of benzene rings is 1. The van der Waals surface area contributed by atoms with Gasteiger partial charge in [0.15, 0.2) is 0 Å². The van der Waals surface area contributed by atoms with Crippen LogP contribution in [0, 0.1) is 5.82 Å². The molecule has 0 amide bonds. The molecule has 0 aliphatic rings. The summed E-state index contributed by atoms with van der Waals surface area (Å²) in [6.45, 7) is 4.90. The van der Waals surface area contributed by atoms with Crippen molar-refractivity contribution in [2.75, 3.05) is 44.9 Å². The molecule has 0 spiro atoms. The van der Waals surface area contributed by atoms with Gasteiger partial charge < -0.3 is 20.1 Å². The molecule has 0 aliphatic carbocycles. The number of rotatable bonds is 9. The third-order valence-corrected chi connectivity index (χ3v) is 2.92. The van der Waals surface area contributed by atoms with Crippen LogP contribution in [0.3, 0.4) is 0 Å². The maximum atomic E-state index is 13.9. The Morgan fingerprint density at radius 2 is 2.16 bits per heavy atom. The number of aliphatic hydroxyl groups excluding tert-OH is 1. The highest BCUT2D eigenvalue weighted by Gasteiger charge is 2.14. The third kappa shape index (κ3) is 4.78. The first-order valence-corrected chi connectivity index (χ1v) is 6.57. The first-order chi connectivity index (χ1) is 9.24. The van der Waals surface area contributed by atoms with Crippen LogP contribution in [-0.2, 0) is 11.3 Å². The van der Waals surface area contributed by atoms with Gasteiger partial charge in [0.2, 0.25) is 0 Å². The summed E-state index contributed by atoms with van der Waals surface area (Å²) in [6.07, 6.45) is 0. The predicted octanol–water partition coefficient (Wildman–Crippen LogP) is 1.38. The van der Waals surface area contributed by atoms with Crippen LogP contribution >= 0.6 is 0 Å². The summed E-state index contributed by atoms with van der Waals surface area (Å²) in [6, 6.07) is 5.03. The van der Waals surface area contributed by atoms with Crippen molar-refractivity contribution in [3.63, 3.8) is 0 Å². The van der Waals surface area contributed by atoms with Crippen LogP contribution < -0.4 is 10.2 Å². The Morgan fingerprint density at radius 3 is 2.79 bits per heavy atom. The second kappa shape index (κ2) is 8.85. The van der Waals surface area contributed by atoms with E-state index in [0.29, 0.717) is 31.8 Å². The van der Waals surface area contributed by atoms with E-state index < -0.39 is 0 Å². The van der Waals surface area contributed by atoms with Gasteiger partial charge in [-0.05, 0) is 18.7 Å². The van der Waals surface area contributed by atoms with Crippen molar-refractivity contribution in [1.29, 1.82) is 0 Å². The van der Waals surface area contributed by atoms with Gasteiger partial charge in [-0.15, -0.1) is 0 Å². The quantitative estimate of drug-likeness (QED) is 0.711. The molecule has 0 radical (unpaired) electrons. The molecule has 0 saturated heterocycles. The molecular weight excluding hydrogens is 247 g/mol. The summed E-state index contributed by atoms with van der Waals surface area (Å²) in [7, 11) is 1.63. The molecule has 1 aromatic carbocycles. The maximum absolute atomic E-state index is 13.9. The topological polar surface area (TPSA) is 44.7 Å². The number of halogens is 1. The minimum Gasteiger partial charge on any atom is -0.395 e. The van der Waals surface area contributed by atoms with E-state index in [-0.39, 0.29) is 12.4 Å². The Hall–Kier alpha value is -1.17. The van der Waals surface area contributed by atoms with E-state index in [1.807, 2.05) is 17.9 Å². The van der Waals surface area contributed by atoms with Crippen molar-refractivity contribution in [3.8, 4) is 0 Å². The van der Waals surface area contributed by atoms with Gasteiger partial charge in [0.1, 0.15) is 5.82 Å². The molecule has 0 aromatic heterocycles. The lowest BCUT2D eigenvalue weighted by Gasteiger charge is -2.26. The normalized spacial score (nSPS) is 10.7. The number of hydrogen-bond donors (Lipinski definition) is 2. The average molecular weight is 270 g/mol. The van der Waals surface area contributed by atoms with E-state index in [9.17, 15) is 4.39 Å². The summed E-state index contributed by atoms with van der Waals surface area (Å²) in [5, 5.41) is 12.3. The minimum absolute atomic E-state index is 0.0286. The van der Waals surface area contributed by atoms with Gasteiger partial charge in [0.25, 0.3) is 0 Å². The van der Waals surface area contributed by atoms with Gasteiger partial charge in [0.05, 0.1) is 13.2 Å². The van der Waals surface area contributed by atoms with Crippen molar-refractivity contribution in [2.45, 2.75) is 13.5 Å². The number of aliphatic hydroxyl groups is 1. The highest BCUT2D eigenvalue weighted by atomic mass is 19.1. The fourth-order valence-corrected chi connectivity index (χ4v) is 1.94. The smallest absolute Gasteiger partial charge is 0.129 e. The van der Waals surface area contributed by atoms with Gasteiger partial charge >= 0.3 is 0 Å². The van der Waals surface area contributed by atoms with Crippen LogP contribution in [0.15, 0.2) is 18.2 Å². The maximum Gasteiger partial charge on any atom is 0.129 e. The van der Waals surface area contributed by atoms with Crippen molar-refractivity contribution < 1.29 is 14.2 Å². The number of nitrogens with one attached hydrogen (secondary N) is 1. The number of methoxy groups -OCH3 is 1. The molecule has 0 fully saturated rings. The van der Waals surface area contributed by atoms with Crippen LogP contribution in [0.5, 0.6) is 0 Å². The van der Waals surface area contributed by atoms with Crippen LogP contribution in [0.25, 0.3) is 0 Å². The van der Waals surface area contributed by atoms with E-state index in [1.165, 1.54) is 6.07 Å². The standard InChI is InChI=1S/C14H23FN2O2/c1-3-16-11-12-13(15)5-4-6-14(12)17(7-9-18)8-10-19-2/h4-6,16,18H,3,7-11H2,1-2H3. The molecule has 1 rings (SSSR count). The molecule has 4 nitrogen and oxygen atoms in total. The molecule has 19 heavy (non-hydrogen) atoms. The van der Waals surface area contributed by atoms with Gasteiger partial charge in [-0.3, -0.25) is 0 Å². The number of ether oxygens (including phenoxy) is 1. The third-order valence-electron chi connectivity index (χ3n) is 2.92. The van der Waals surface area contributed by atoms with Gasteiger partial charge in [-0.1, -0.05) is 13.0 Å². The molecule has 0 heterocycles. The number of hydrogen-bond acceptors (Lipinski definition) is 4. The zero-order valence-corrected chi connectivity index (χ0v) is 11.7. The highest BCUT2D eigenvalue weighted by molar-refractivity contribution is 5.54. The largest absolute Gasteiger partial charge is 0.395 e. The highest BCUT2D eigenvalue weighted by Crippen LogP contribution is 2.23. The molecule has 5 heteroatoms. The molecule has 0 unspecified atom stereocenters. The lowest BCUT2D eigenvalue weighted by Crippen LogP contribution is -2.32. The summed E-state index contributed by atoms with van der Waals surface area (Å²) in [4.78, 5) is 1.94. The Balaban J connectivity index is 2.95. The van der Waals surface area contributed by atoms with Crippen LogP contribution in [0.1, 0.15) is 12.5 Å². The monoisotopic (exact) mass is 270 g/mol. The molecule has 108 valence electrons. The van der Waals surface area contributed by atoms with E-state index in [1.54, 1.807) is 13.2 Å². The van der Waals surface area contributed by atoms with Crippen LogP contribution in [0.4, 0.5) is 10.1 Å². The summed E-state index contributed by atoms with van der Waals surface area (Å²) >= 11 is 0. The summed E-state index contributed by atoms with van der Waals surface area (Å²) in [5.41, 5.74) is 1.45. The minimum atomic E-state index is -0.223. The second-order valence-corrected chi connectivity index (χ2v) is 4.22. The van der Waals surface area contributed by atoms with E-state index in [4.69, 9.17) is 9.84 Å². The Morgan fingerprint density at radius 1 is 1.37 bits per heavy atom. The van der Waals surface area contributed by atoms with E-state index in [2.05, 4.69) is 5.32 Å². The first kappa shape index (κ1) is 15.9. The van der Waals surface area contributed by atoms with Gasteiger partial charge in [-0.25, -0.2) is 4.39 Å². The Labute approximate surface area is 114 Å². The average Bonchev–Trinajstić information content (AvgIpc) is 2.42. The van der Waals surface area contributed by atoms with Crippen molar-refractivity contribution >= 4 is 5.69 Å². The molecule has 0 atom stereocenters. The van der Waals surface area contributed by atoms with Crippen LogP contribution in [-0.4, -0.2) is 45.1 Å². The molecule has 2 N–H and O–H groups in total. The van der Waals surface area contributed by atoms with Crippen LogP contribution in [0.2, 0.25) is 0 Å². The van der Waals surface area contributed by atoms with Crippen molar-refractivity contribution in [2.24, 2.45) is 0 Å². The SMILES string of the molecule is CCNCc1c(F)cccc1N(CCO)CCOC. The van der Waals surface area contributed by atoms with Gasteiger partial charge in [0, 0.05) is 38.0 Å². The Bertz CT molecular complexity index is 374. The zero-order valence-electron chi connectivity index (χ0n) is 11.7. The van der Waals surface area contributed by atoms with Crippen molar-refractivity contribution in [1.82, 2.24) is 5.32 Å². The molecule has 1 aromatic rings. The molecular formula is C14H23FN2O2. The van der Waals surface area contributed by atoms with Crippen molar-refractivity contribution in [3.05, 3.63) is 29.6 Å². The predicted molar refractivity (Wildman–Crippen MR) is 75.0 cm³/mol. The summed E-state index contributed by atoms with van der Waals surface area (Å²) in [5.74, 6) is -0.223. The number of anilines is 1. The number of nitrogens with zero attached hydrogens (tertiary/aromatic N) is 1. The lowest BCUT2D eigenvalue weighted by atomic mass is 10.1. The first-order valence-electron chi connectivity index (χ1n) is 6.57. The molecule has 0 bridgehead atoms. The second-order valence-electron chi connectivity index (χ2n) is 4.22. The zero-order chi connectivity index (χ0) is 14.1. The Kier molecular flexibility index (Phi) is 7.40. The molecule has 0 aliphatic heterocycles. The van der Waals surface area contributed by atoms with Gasteiger partial charge in [-0.2, -0.15) is 0 Å². The van der Waals surface area contributed by atoms with E-state index in [0.717, 1.165) is 12.2 Å². The molecule has 0 saturated carbocycles. The van der Waals surface area contributed by atoms with E-state index >= 15 is 0 Å². The lowest BCUT2D eigenvalue weighted by molar-refractivity contribution is 0.203. The fourth-order valence-electron chi connectivity index (χ4n) is 1.94. The fraction of sp³-hybridized carbons (Fsp3) is 0.571.